The van der Waals surface area contributed by atoms with E-state index in [1.807, 2.05) is 49.4 Å². The summed E-state index contributed by atoms with van der Waals surface area (Å²) in [6.07, 6.45) is 0. The third-order valence-corrected chi connectivity index (χ3v) is 4.54. The first kappa shape index (κ1) is 19.0. The lowest BCUT2D eigenvalue weighted by molar-refractivity contribution is 0.0949. The van der Waals surface area contributed by atoms with Crippen LogP contribution in [0.4, 0.5) is 5.82 Å². The molecule has 10 heteroatoms. The van der Waals surface area contributed by atoms with Crippen molar-refractivity contribution in [1.29, 1.82) is 0 Å². The van der Waals surface area contributed by atoms with Gasteiger partial charge >= 0.3 is 0 Å². The summed E-state index contributed by atoms with van der Waals surface area (Å²) >= 11 is 0. The molecule has 0 aliphatic rings. The lowest BCUT2D eigenvalue weighted by Gasteiger charge is -2.05. The number of nitrogens with two attached hydrogens (primary N) is 1. The van der Waals surface area contributed by atoms with Crippen LogP contribution in [0.25, 0.3) is 16.9 Å². The molecular weight excluding hydrogens is 384 g/mol. The number of nitrogens with one attached hydrogen (secondary N) is 1. The Balaban J connectivity index is 1.48. The molecule has 0 radical (unpaired) electrons. The third-order valence-electron chi connectivity index (χ3n) is 4.54. The number of anilines is 1. The highest BCUT2D eigenvalue weighted by Crippen LogP contribution is 2.19. The van der Waals surface area contributed by atoms with E-state index in [1.54, 1.807) is 6.92 Å². The molecule has 3 N–H and O–H groups in total. The van der Waals surface area contributed by atoms with Gasteiger partial charge in [0.15, 0.2) is 5.69 Å². The van der Waals surface area contributed by atoms with E-state index in [0.717, 1.165) is 16.7 Å². The predicted octanol–water partition coefficient (Wildman–Crippen LogP) is 2.36. The standard InChI is InChI=1S/C20H18N8O2/c1-12(14-8-10-16(11-9-14)15-6-4-3-5-7-15)22-24-20(29)17-13(2)28(27-23-17)19-18(21)25-30-26-19/h3-11H,1-2H3,(H2,21,25)(H,24,29)/b22-12-. The van der Waals surface area contributed by atoms with Crippen molar-refractivity contribution in [3.05, 3.63) is 71.5 Å². The fourth-order valence-electron chi connectivity index (χ4n) is 2.86. The van der Waals surface area contributed by atoms with E-state index < -0.39 is 5.91 Å². The maximum absolute atomic E-state index is 12.5. The van der Waals surface area contributed by atoms with Gasteiger partial charge in [0.25, 0.3) is 5.91 Å². The minimum Gasteiger partial charge on any atom is -0.378 e. The number of hydrogen-bond acceptors (Lipinski definition) is 8. The fourth-order valence-corrected chi connectivity index (χ4v) is 2.86. The van der Waals surface area contributed by atoms with E-state index in [4.69, 9.17) is 5.73 Å². The van der Waals surface area contributed by atoms with Gasteiger partial charge in [-0.2, -0.15) is 9.78 Å². The van der Waals surface area contributed by atoms with Crippen LogP contribution in [-0.2, 0) is 0 Å². The molecule has 30 heavy (non-hydrogen) atoms. The van der Waals surface area contributed by atoms with Gasteiger partial charge in [-0.25, -0.2) is 10.1 Å². The normalized spacial score (nSPS) is 11.5. The monoisotopic (exact) mass is 402 g/mol. The SMILES string of the molecule is C/C(=N/NC(=O)c1nnn(-c2nonc2N)c1C)c1ccc(-c2ccccc2)cc1. The second-order valence-corrected chi connectivity index (χ2v) is 6.49. The van der Waals surface area contributed by atoms with Crippen molar-refractivity contribution in [2.45, 2.75) is 13.8 Å². The minimum atomic E-state index is -0.506. The number of aromatic nitrogens is 5. The number of amides is 1. The summed E-state index contributed by atoms with van der Waals surface area (Å²) in [5, 5.41) is 19.1. The topological polar surface area (TPSA) is 137 Å². The summed E-state index contributed by atoms with van der Waals surface area (Å²) < 4.78 is 5.83. The van der Waals surface area contributed by atoms with E-state index >= 15 is 0 Å². The molecule has 0 unspecified atom stereocenters. The summed E-state index contributed by atoms with van der Waals surface area (Å²) in [7, 11) is 0. The number of nitrogens with zero attached hydrogens (tertiary/aromatic N) is 6. The third kappa shape index (κ3) is 3.65. The summed E-state index contributed by atoms with van der Waals surface area (Å²) in [6.45, 7) is 3.46. The number of nitrogen functional groups attached to an aromatic ring is 1. The highest BCUT2D eigenvalue weighted by Gasteiger charge is 2.20. The van der Waals surface area contributed by atoms with Crippen LogP contribution in [-0.4, -0.2) is 36.9 Å². The Morgan fingerprint density at radius 1 is 1.07 bits per heavy atom. The van der Waals surface area contributed by atoms with Gasteiger partial charge in [0, 0.05) is 0 Å². The zero-order valence-corrected chi connectivity index (χ0v) is 16.3. The maximum Gasteiger partial charge on any atom is 0.293 e. The summed E-state index contributed by atoms with van der Waals surface area (Å²) in [6, 6.07) is 18.0. The van der Waals surface area contributed by atoms with Gasteiger partial charge in [-0.15, -0.1) is 5.10 Å². The highest BCUT2D eigenvalue weighted by atomic mass is 16.6. The lowest BCUT2D eigenvalue weighted by Crippen LogP contribution is -2.21. The summed E-state index contributed by atoms with van der Waals surface area (Å²) in [5.74, 6) is -0.297. The predicted molar refractivity (Wildman–Crippen MR) is 110 cm³/mol. The molecule has 0 aliphatic carbocycles. The van der Waals surface area contributed by atoms with Crippen molar-refractivity contribution in [1.82, 2.24) is 30.7 Å². The molecule has 0 saturated heterocycles. The van der Waals surface area contributed by atoms with Gasteiger partial charge < -0.3 is 5.73 Å². The van der Waals surface area contributed by atoms with Crippen LogP contribution in [0.15, 0.2) is 64.3 Å². The molecule has 0 bridgehead atoms. The van der Waals surface area contributed by atoms with E-state index in [1.165, 1.54) is 4.68 Å². The van der Waals surface area contributed by atoms with Gasteiger partial charge in [-0.1, -0.05) is 59.8 Å². The van der Waals surface area contributed by atoms with Crippen LogP contribution in [0.2, 0.25) is 0 Å². The molecule has 2 heterocycles. The summed E-state index contributed by atoms with van der Waals surface area (Å²) in [5.41, 5.74) is 12.4. The average Bonchev–Trinajstić information content (AvgIpc) is 3.37. The zero-order valence-electron chi connectivity index (χ0n) is 16.3. The smallest absolute Gasteiger partial charge is 0.293 e. The van der Waals surface area contributed by atoms with E-state index in [9.17, 15) is 4.79 Å². The quantitative estimate of drug-likeness (QED) is 0.386. The number of rotatable bonds is 5. The molecule has 2 aromatic carbocycles. The Labute approximate surface area is 171 Å². The Hall–Kier alpha value is -4.34. The molecule has 0 atom stereocenters. The first-order chi connectivity index (χ1) is 14.5. The van der Waals surface area contributed by atoms with Crippen molar-refractivity contribution in [3.8, 4) is 16.9 Å². The maximum atomic E-state index is 12.5. The second kappa shape index (κ2) is 7.95. The Kier molecular flexibility index (Phi) is 5.04. The number of hydrogen-bond donors (Lipinski definition) is 2. The molecule has 10 nitrogen and oxygen atoms in total. The molecule has 0 saturated carbocycles. The zero-order chi connectivity index (χ0) is 21.1. The minimum absolute atomic E-state index is 0.0442. The Morgan fingerprint density at radius 2 is 1.77 bits per heavy atom. The van der Waals surface area contributed by atoms with Crippen molar-refractivity contribution in [2.75, 3.05) is 5.73 Å². The highest BCUT2D eigenvalue weighted by molar-refractivity contribution is 6.01. The molecule has 0 fully saturated rings. The van der Waals surface area contributed by atoms with Gasteiger partial charge in [0.1, 0.15) is 0 Å². The van der Waals surface area contributed by atoms with Gasteiger partial charge in [0.2, 0.25) is 11.6 Å². The fraction of sp³-hybridized carbons (Fsp3) is 0.100. The molecule has 4 aromatic rings. The number of carbonyl (C=O) groups excluding carboxylic acids is 1. The molecule has 150 valence electrons. The molecule has 1 amide bonds. The Bertz CT molecular complexity index is 1210. The van der Waals surface area contributed by atoms with Crippen molar-refractivity contribution >= 4 is 17.4 Å². The van der Waals surface area contributed by atoms with Crippen molar-refractivity contribution < 1.29 is 9.42 Å². The number of benzene rings is 2. The first-order valence-electron chi connectivity index (χ1n) is 9.06. The molecule has 4 rings (SSSR count). The molecule has 0 spiro atoms. The van der Waals surface area contributed by atoms with Crippen LogP contribution in [0.1, 0.15) is 28.7 Å². The van der Waals surface area contributed by atoms with Crippen molar-refractivity contribution in [3.63, 3.8) is 0 Å². The average molecular weight is 402 g/mol. The first-order valence-corrected chi connectivity index (χ1v) is 9.06. The molecule has 0 aliphatic heterocycles. The van der Waals surface area contributed by atoms with Gasteiger partial charge in [-0.3, -0.25) is 4.79 Å². The molecule has 2 aromatic heterocycles. The lowest BCUT2D eigenvalue weighted by atomic mass is 10.0. The van der Waals surface area contributed by atoms with Gasteiger partial charge in [-0.05, 0) is 40.9 Å². The summed E-state index contributed by atoms with van der Waals surface area (Å²) in [4.78, 5) is 12.5. The molecular formula is C20H18N8O2. The Morgan fingerprint density at radius 3 is 2.43 bits per heavy atom. The number of hydrazone groups is 1. The van der Waals surface area contributed by atoms with Crippen LogP contribution in [0, 0.1) is 6.92 Å². The van der Waals surface area contributed by atoms with Gasteiger partial charge in [0.05, 0.1) is 11.4 Å². The van der Waals surface area contributed by atoms with E-state index in [2.05, 4.69) is 47.9 Å². The van der Waals surface area contributed by atoms with Crippen LogP contribution in [0.3, 0.4) is 0 Å². The van der Waals surface area contributed by atoms with Crippen LogP contribution >= 0.6 is 0 Å². The van der Waals surface area contributed by atoms with Crippen LogP contribution < -0.4 is 11.2 Å². The van der Waals surface area contributed by atoms with Crippen LogP contribution in [0.5, 0.6) is 0 Å². The second-order valence-electron chi connectivity index (χ2n) is 6.49. The van der Waals surface area contributed by atoms with E-state index in [0.29, 0.717) is 11.4 Å². The number of carbonyl (C=O) groups is 1. The largest absolute Gasteiger partial charge is 0.378 e. The van der Waals surface area contributed by atoms with E-state index in [-0.39, 0.29) is 17.3 Å². The van der Waals surface area contributed by atoms with Crippen molar-refractivity contribution in [2.24, 2.45) is 5.10 Å².